The highest BCUT2D eigenvalue weighted by Gasteiger charge is 2.96. The summed E-state index contributed by atoms with van der Waals surface area (Å²) in [5.41, 5.74) is 0. The van der Waals surface area contributed by atoms with Crippen LogP contribution in [0, 0.1) is 0 Å². The molecule has 0 saturated carbocycles. The van der Waals surface area contributed by atoms with Crippen molar-refractivity contribution in [3.8, 4) is 0 Å². The summed E-state index contributed by atoms with van der Waals surface area (Å²) in [5, 5.41) is -7.80. The van der Waals surface area contributed by atoms with E-state index in [1.165, 1.54) is 0 Å². The van der Waals surface area contributed by atoms with Gasteiger partial charge in [0, 0.05) is 11.2 Å². The van der Waals surface area contributed by atoms with Crippen LogP contribution >= 0.6 is 10.3 Å². The molecule has 43 heavy (non-hydrogen) atoms. The third kappa shape index (κ3) is 6.67. The van der Waals surface area contributed by atoms with E-state index in [-0.39, 0.29) is 12.8 Å². The molecule has 0 heterocycles. The van der Waals surface area contributed by atoms with Gasteiger partial charge < -0.3 is 0 Å². The summed E-state index contributed by atoms with van der Waals surface area (Å²) in [7, 11) is -11.8. The molecule has 1 atom stereocenters. The number of carbonyl (C=O) groups is 1. The number of unbranched alkanes of at least 4 members (excludes halogenated alkanes) is 2. The van der Waals surface area contributed by atoms with Crippen molar-refractivity contribution >= 4 is 26.2 Å². The Labute approximate surface area is 235 Å². The van der Waals surface area contributed by atoms with Gasteiger partial charge in [0.1, 0.15) is 5.78 Å². The van der Waals surface area contributed by atoms with Gasteiger partial charge in [-0.15, -0.1) is 10.3 Å². The molecule has 0 fully saturated rings. The molecule has 0 aliphatic heterocycles. The Bertz CT molecular complexity index is 1110. The highest BCUT2D eigenvalue weighted by atomic mass is 32.3. The van der Waals surface area contributed by atoms with E-state index in [2.05, 4.69) is 3.63 Å². The van der Waals surface area contributed by atoms with E-state index in [1.54, 1.807) is 6.92 Å². The largest absolute Gasteiger partial charge is 0.460 e. The fourth-order valence-corrected chi connectivity index (χ4v) is 7.41. The van der Waals surface area contributed by atoms with Crippen molar-refractivity contribution in [3.05, 3.63) is 0 Å². The summed E-state index contributed by atoms with van der Waals surface area (Å²) >= 11 is 0. The third-order valence-electron chi connectivity index (χ3n) is 6.04. The average molecular weight is 717 g/mol. The zero-order chi connectivity index (χ0) is 35.3. The Morgan fingerprint density at radius 2 is 0.953 bits per heavy atom. The van der Waals surface area contributed by atoms with Crippen LogP contribution in [0.2, 0.25) is 0 Å². The standard InChI is InChI=1S/C20H25F17O4S2/c1-6-7-8-9-11(38)10-42(5,12(2,3)4)41-43(39,40)20(36,37)18(31,32)16(27,28)14(23,24)13(21,22)15(25,26)17(29,30)19(33,34)35/h6-10H2,1-5H3. The molecule has 0 aromatic rings. The van der Waals surface area contributed by atoms with Crippen LogP contribution in [0.25, 0.3) is 0 Å². The average Bonchev–Trinajstić information content (AvgIpc) is 2.76. The van der Waals surface area contributed by atoms with Gasteiger partial charge in [-0.3, -0.25) is 4.79 Å². The van der Waals surface area contributed by atoms with Gasteiger partial charge >= 0.3 is 57.1 Å². The Morgan fingerprint density at radius 1 is 0.605 bits per heavy atom. The maximum atomic E-state index is 14.5. The number of halogens is 17. The lowest BCUT2D eigenvalue weighted by molar-refractivity contribution is -0.458. The van der Waals surface area contributed by atoms with Gasteiger partial charge in [0.05, 0.1) is 5.75 Å². The van der Waals surface area contributed by atoms with Crippen LogP contribution in [0.15, 0.2) is 0 Å². The van der Waals surface area contributed by atoms with Crippen molar-refractivity contribution in [2.45, 2.75) is 105 Å². The van der Waals surface area contributed by atoms with E-state index >= 15 is 0 Å². The number of Topliss-reactive ketones (excluding diaryl/α,β-unsaturated/α-hetero) is 1. The molecule has 0 aliphatic rings. The number of hydrogen-bond acceptors (Lipinski definition) is 4. The smallest absolute Gasteiger partial charge is 0.299 e. The Balaban J connectivity index is 6.99. The van der Waals surface area contributed by atoms with Crippen molar-refractivity contribution in [2.24, 2.45) is 0 Å². The molecule has 0 aliphatic carbocycles. The highest BCUT2D eigenvalue weighted by Crippen LogP contribution is 2.66. The molecule has 0 radical (unpaired) electrons. The third-order valence-corrected chi connectivity index (χ3v) is 12.3. The second kappa shape index (κ2) is 11.8. The van der Waals surface area contributed by atoms with Crippen molar-refractivity contribution < 1.29 is 91.5 Å². The molecule has 1 unspecified atom stereocenters. The first-order valence-electron chi connectivity index (χ1n) is 11.4. The summed E-state index contributed by atoms with van der Waals surface area (Å²) in [5.74, 6) is -54.3. The molecule has 23 heteroatoms. The second-order valence-corrected chi connectivity index (χ2v) is 15.7. The quantitative estimate of drug-likeness (QED) is 0.126. The summed E-state index contributed by atoms with van der Waals surface area (Å²) in [4.78, 5) is 12.3. The van der Waals surface area contributed by atoms with E-state index in [0.29, 0.717) is 19.1 Å². The van der Waals surface area contributed by atoms with Crippen LogP contribution < -0.4 is 0 Å². The molecule has 0 aromatic heterocycles. The predicted molar refractivity (Wildman–Crippen MR) is 118 cm³/mol. The zero-order valence-corrected chi connectivity index (χ0v) is 24.0. The lowest BCUT2D eigenvalue weighted by Crippen LogP contribution is -2.75. The predicted octanol–water partition coefficient (Wildman–Crippen LogP) is 8.60. The van der Waals surface area contributed by atoms with E-state index < -0.39 is 83.7 Å². The van der Waals surface area contributed by atoms with E-state index in [0.717, 1.165) is 20.8 Å². The minimum absolute atomic E-state index is 0.128. The number of carbonyl (C=O) groups excluding carboxylic acids is 1. The van der Waals surface area contributed by atoms with Crippen LogP contribution in [0.5, 0.6) is 0 Å². The fraction of sp³-hybridized carbons (Fsp3) is 0.950. The highest BCUT2D eigenvalue weighted by molar-refractivity contribution is 8.33. The van der Waals surface area contributed by atoms with Crippen molar-refractivity contribution in [2.75, 3.05) is 12.0 Å². The van der Waals surface area contributed by atoms with E-state index in [1.807, 2.05) is 0 Å². The normalized spacial score (nSPS) is 17.9. The van der Waals surface area contributed by atoms with Gasteiger partial charge in [0.15, 0.2) is 0 Å². The van der Waals surface area contributed by atoms with Gasteiger partial charge in [0.25, 0.3) is 0 Å². The minimum Gasteiger partial charge on any atom is -0.299 e. The topological polar surface area (TPSA) is 60.4 Å². The molecule has 0 saturated heterocycles. The second-order valence-electron chi connectivity index (χ2n) is 10.2. The summed E-state index contributed by atoms with van der Waals surface area (Å²) in [6.07, 6.45) is -6.67. The molecule has 0 rings (SSSR count). The van der Waals surface area contributed by atoms with Crippen LogP contribution in [0.4, 0.5) is 74.6 Å². The molecule has 4 nitrogen and oxygen atoms in total. The van der Waals surface area contributed by atoms with Crippen molar-refractivity contribution in [3.63, 3.8) is 0 Å². The SMILES string of the molecule is CCCCCC(=O)CS(C)(OS(=O)(=O)C(F)(F)C(F)(F)C(F)(F)C(F)(F)C(F)(F)C(F)(F)C(F)(F)C(F)(F)F)C(C)(C)C. The van der Waals surface area contributed by atoms with Gasteiger partial charge in [-0.2, -0.15) is 83.1 Å². The molecule has 0 amide bonds. The Kier molecular flexibility index (Phi) is 11.5. The van der Waals surface area contributed by atoms with Crippen molar-refractivity contribution in [1.82, 2.24) is 0 Å². The monoisotopic (exact) mass is 716 g/mol. The summed E-state index contributed by atoms with van der Waals surface area (Å²) in [6, 6.07) is 0. The maximum absolute atomic E-state index is 14.5. The Hall–Kier alpha value is -1.26. The van der Waals surface area contributed by atoms with E-state index in [9.17, 15) is 87.8 Å². The van der Waals surface area contributed by atoms with Crippen molar-refractivity contribution in [1.29, 1.82) is 0 Å². The fourth-order valence-electron chi connectivity index (χ4n) is 2.84. The molecule has 0 aromatic carbocycles. The number of hydrogen-bond donors (Lipinski definition) is 0. The molecule has 0 bridgehead atoms. The first kappa shape index (κ1) is 41.7. The first-order valence-corrected chi connectivity index (χ1v) is 14.9. The van der Waals surface area contributed by atoms with Crippen LogP contribution in [0.1, 0.15) is 53.4 Å². The van der Waals surface area contributed by atoms with Crippen LogP contribution in [-0.4, -0.2) is 77.9 Å². The minimum atomic E-state index is -8.93. The van der Waals surface area contributed by atoms with Gasteiger partial charge in [-0.1, -0.05) is 40.5 Å². The van der Waals surface area contributed by atoms with Gasteiger partial charge in [-0.25, -0.2) is 3.63 Å². The summed E-state index contributed by atoms with van der Waals surface area (Å²) < 4.78 is 257. The lowest BCUT2D eigenvalue weighted by atomic mass is 9.91. The number of alkyl halides is 17. The molecular formula is C20H25F17O4S2. The van der Waals surface area contributed by atoms with Gasteiger partial charge in [-0.05, 0) is 12.7 Å². The molecular weight excluding hydrogens is 691 g/mol. The maximum Gasteiger partial charge on any atom is 0.460 e. The molecule has 260 valence electrons. The number of ketones is 1. The molecule has 0 spiro atoms. The Morgan fingerprint density at radius 3 is 1.28 bits per heavy atom. The zero-order valence-electron chi connectivity index (χ0n) is 22.4. The van der Waals surface area contributed by atoms with Gasteiger partial charge in [0.2, 0.25) is 0 Å². The van der Waals surface area contributed by atoms with E-state index in [4.69, 9.17) is 0 Å². The lowest BCUT2D eigenvalue weighted by Gasteiger charge is -2.46. The van der Waals surface area contributed by atoms with Crippen LogP contribution in [0.3, 0.4) is 0 Å². The molecule has 0 N–H and O–H groups in total. The van der Waals surface area contributed by atoms with Crippen LogP contribution in [-0.2, 0) is 18.5 Å². The summed E-state index contributed by atoms with van der Waals surface area (Å²) in [6.45, 7) is 4.55. The number of rotatable bonds is 15. The first-order chi connectivity index (χ1) is 18.4.